The Morgan fingerprint density at radius 1 is 1.05 bits per heavy atom. The lowest BCUT2D eigenvalue weighted by atomic mass is 9.48. The van der Waals surface area contributed by atoms with E-state index in [0.717, 1.165) is 32.1 Å². The Hall–Kier alpha value is -1.18. The van der Waals surface area contributed by atoms with Crippen molar-refractivity contribution in [1.82, 2.24) is 0 Å². The maximum absolute atomic E-state index is 12.3. The Bertz CT molecular complexity index is 584. The Kier molecular flexibility index (Phi) is 2.68. The summed E-state index contributed by atoms with van der Waals surface area (Å²) in [5.74, 6) is 2.51. The number of fused-ring (bicyclic) bond motifs is 5. The van der Waals surface area contributed by atoms with Crippen LogP contribution in [-0.4, -0.2) is 11.6 Å². The topological polar surface area (TPSA) is 34.1 Å². The van der Waals surface area contributed by atoms with E-state index in [4.69, 9.17) is 0 Å². The average Bonchev–Trinajstić information content (AvgIpc) is 2.76. The van der Waals surface area contributed by atoms with Crippen LogP contribution in [0.25, 0.3) is 0 Å². The largest absolute Gasteiger partial charge is 0.299 e. The third-order valence-electron chi connectivity index (χ3n) is 7.27. The van der Waals surface area contributed by atoms with E-state index in [2.05, 4.69) is 19.9 Å². The molecule has 0 aromatic heterocycles. The molecule has 4 aliphatic carbocycles. The Morgan fingerprint density at radius 3 is 2.67 bits per heavy atom. The molecule has 112 valence electrons. The third-order valence-corrected chi connectivity index (χ3v) is 7.27. The zero-order chi connectivity index (χ0) is 14.8. The van der Waals surface area contributed by atoms with Crippen LogP contribution < -0.4 is 0 Å². The molecule has 0 radical (unpaired) electrons. The molecule has 0 heterocycles. The first-order chi connectivity index (χ1) is 9.95. The van der Waals surface area contributed by atoms with Gasteiger partial charge in [-0.3, -0.25) is 9.59 Å². The number of carbonyl (C=O) groups is 2. The molecule has 3 saturated carbocycles. The quantitative estimate of drug-likeness (QED) is 0.677. The van der Waals surface area contributed by atoms with Crippen LogP contribution in [-0.2, 0) is 9.59 Å². The summed E-state index contributed by atoms with van der Waals surface area (Å²) >= 11 is 0. The van der Waals surface area contributed by atoms with Gasteiger partial charge in [0.15, 0.2) is 5.78 Å². The van der Waals surface area contributed by atoms with Crippen LogP contribution in [0.3, 0.4) is 0 Å². The summed E-state index contributed by atoms with van der Waals surface area (Å²) in [7, 11) is 0. The van der Waals surface area contributed by atoms with Crippen LogP contribution in [0.15, 0.2) is 23.8 Å². The normalized spacial score (nSPS) is 48.5. The molecule has 4 aliphatic rings. The fourth-order valence-electron chi connectivity index (χ4n) is 5.97. The maximum atomic E-state index is 12.3. The molecule has 0 N–H and O–H groups in total. The number of ketones is 2. The number of Topliss-reactive ketones (excluding diaryl/α,β-unsaturated/α-hetero) is 1. The van der Waals surface area contributed by atoms with E-state index in [-0.39, 0.29) is 16.6 Å². The van der Waals surface area contributed by atoms with E-state index in [1.165, 1.54) is 12.0 Å². The third kappa shape index (κ3) is 1.65. The Labute approximate surface area is 126 Å². The van der Waals surface area contributed by atoms with Crippen LogP contribution in [0.4, 0.5) is 0 Å². The maximum Gasteiger partial charge on any atom is 0.178 e. The van der Waals surface area contributed by atoms with Crippen LogP contribution >= 0.6 is 0 Å². The molecule has 2 heteroatoms. The van der Waals surface area contributed by atoms with Gasteiger partial charge in [0.1, 0.15) is 5.78 Å². The highest BCUT2D eigenvalue weighted by atomic mass is 16.1. The zero-order valence-electron chi connectivity index (χ0n) is 13.0. The van der Waals surface area contributed by atoms with Gasteiger partial charge in [-0.2, -0.15) is 0 Å². The molecule has 0 spiro atoms. The average molecular weight is 284 g/mol. The second-order valence-electron chi connectivity index (χ2n) is 8.02. The second kappa shape index (κ2) is 4.18. The Balaban J connectivity index is 1.72. The highest BCUT2D eigenvalue weighted by molar-refractivity contribution is 6.01. The van der Waals surface area contributed by atoms with Gasteiger partial charge in [-0.15, -0.1) is 0 Å². The molecule has 2 nitrogen and oxygen atoms in total. The van der Waals surface area contributed by atoms with Crippen LogP contribution in [0.2, 0.25) is 0 Å². The predicted octanol–water partition coefficient (Wildman–Crippen LogP) is 3.86. The summed E-state index contributed by atoms with van der Waals surface area (Å²) in [6.07, 6.45) is 12.1. The van der Waals surface area contributed by atoms with Gasteiger partial charge in [0, 0.05) is 17.3 Å². The lowest BCUT2D eigenvalue weighted by Gasteiger charge is -2.55. The van der Waals surface area contributed by atoms with Gasteiger partial charge in [0.25, 0.3) is 0 Å². The minimum absolute atomic E-state index is 0.0487. The van der Waals surface area contributed by atoms with Crippen LogP contribution in [0.1, 0.15) is 52.4 Å². The van der Waals surface area contributed by atoms with Crippen LogP contribution in [0, 0.1) is 28.6 Å². The number of rotatable bonds is 0. The molecular weight excluding hydrogens is 260 g/mol. The van der Waals surface area contributed by atoms with E-state index in [1.807, 2.05) is 6.08 Å². The van der Waals surface area contributed by atoms with E-state index in [1.54, 1.807) is 6.08 Å². The molecule has 0 unspecified atom stereocenters. The first-order valence-electron chi connectivity index (χ1n) is 8.43. The van der Waals surface area contributed by atoms with Gasteiger partial charge < -0.3 is 0 Å². The fourth-order valence-corrected chi connectivity index (χ4v) is 5.97. The van der Waals surface area contributed by atoms with Crippen molar-refractivity contribution in [2.24, 2.45) is 28.6 Å². The van der Waals surface area contributed by atoms with Gasteiger partial charge in [-0.1, -0.05) is 25.5 Å². The molecule has 0 aliphatic heterocycles. The van der Waals surface area contributed by atoms with E-state index in [0.29, 0.717) is 23.5 Å². The molecule has 21 heavy (non-hydrogen) atoms. The molecule has 0 amide bonds. The molecule has 0 aromatic carbocycles. The van der Waals surface area contributed by atoms with Gasteiger partial charge >= 0.3 is 0 Å². The van der Waals surface area contributed by atoms with Gasteiger partial charge in [0.2, 0.25) is 0 Å². The van der Waals surface area contributed by atoms with Crippen molar-refractivity contribution in [2.45, 2.75) is 52.4 Å². The molecular formula is C19H24O2. The smallest absolute Gasteiger partial charge is 0.178 e. The SMILES string of the molecule is C[C@]12C=CC(=O)C=C1CC[C@H]1[C@@H]2CC[C@]2(C)C(=O)CC[C@@H]12. The minimum atomic E-state index is -0.0487. The lowest BCUT2D eigenvalue weighted by Crippen LogP contribution is -2.49. The summed E-state index contributed by atoms with van der Waals surface area (Å²) in [6.45, 7) is 4.54. The van der Waals surface area contributed by atoms with Crippen molar-refractivity contribution < 1.29 is 9.59 Å². The van der Waals surface area contributed by atoms with E-state index < -0.39 is 0 Å². The van der Waals surface area contributed by atoms with Gasteiger partial charge in [-0.05, 0) is 62.0 Å². The second-order valence-corrected chi connectivity index (χ2v) is 8.02. The number of allylic oxidation sites excluding steroid dienone is 4. The number of hydrogen-bond donors (Lipinski definition) is 0. The number of hydrogen-bond acceptors (Lipinski definition) is 2. The predicted molar refractivity (Wildman–Crippen MR) is 81.6 cm³/mol. The van der Waals surface area contributed by atoms with Crippen molar-refractivity contribution in [3.05, 3.63) is 23.8 Å². The van der Waals surface area contributed by atoms with Gasteiger partial charge in [-0.25, -0.2) is 0 Å². The summed E-state index contributed by atoms with van der Waals surface area (Å²) < 4.78 is 0. The van der Waals surface area contributed by atoms with Crippen LogP contribution in [0.5, 0.6) is 0 Å². The highest BCUT2D eigenvalue weighted by Crippen LogP contribution is 2.63. The molecule has 3 fully saturated rings. The summed E-state index contributed by atoms with van der Waals surface area (Å²) in [5.41, 5.74) is 1.35. The molecule has 0 saturated heterocycles. The van der Waals surface area contributed by atoms with Gasteiger partial charge in [0.05, 0.1) is 0 Å². The molecule has 0 bridgehead atoms. The lowest BCUT2D eigenvalue weighted by molar-refractivity contribution is -0.131. The monoisotopic (exact) mass is 284 g/mol. The van der Waals surface area contributed by atoms with Crippen molar-refractivity contribution in [3.8, 4) is 0 Å². The van der Waals surface area contributed by atoms with Crippen molar-refractivity contribution in [3.63, 3.8) is 0 Å². The van der Waals surface area contributed by atoms with E-state index >= 15 is 0 Å². The fraction of sp³-hybridized carbons (Fsp3) is 0.684. The summed E-state index contributed by atoms with van der Waals surface area (Å²) in [5, 5.41) is 0. The van der Waals surface area contributed by atoms with Crippen molar-refractivity contribution in [1.29, 1.82) is 0 Å². The molecule has 4 rings (SSSR count). The zero-order valence-corrected chi connectivity index (χ0v) is 13.0. The Morgan fingerprint density at radius 2 is 1.86 bits per heavy atom. The minimum Gasteiger partial charge on any atom is -0.299 e. The first kappa shape index (κ1) is 13.5. The highest BCUT2D eigenvalue weighted by Gasteiger charge is 2.58. The summed E-state index contributed by atoms with van der Waals surface area (Å²) in [6, 6.07) is 0. The van der Waals surface area contributed by atoms with Crippen molar-refractivity contribution >= 4 is 11.6 Å². The number of carbonyl (C=O) groups excluding carboxylic acids is 2. The molecule has 0 aromatic rings. The van der Waals surface area contributed by atoms with E-state index in [9.17, 15) is 9.59 Å². The van der Waals surface area contributed by atoms with Crippen molar-refractivity contribution in [2.75, 3.05) is 0 Å². The first-order valence-corrected chi connectivity index (χ1v) is 8.43. The molecule has 5 atom stereocenters. The standard InChI is InChI=1S/C19H24O2/c1-18-9-7-13(20)11-12(18)3-4-14-15-5-6-17(21)19(15,2)10-8-16(14)18/h7,9,11,14-16H,3-6,8,10H2,1-2H3/t14-,15+,16+,18+,19+/m1/s1. The summed E-state index contributed by atoms with van der Waals surface area (Å²) in [4.78, 5) is 24.0.